The molecule has 1 aromatic carbocycles. The van der Waals surface area contributed by atoms with Gasteiger partial charge in [-0.05, 0) is 24.1 Å². The Balaban J connectivity index is 3.63. The highest BCUT2D eigenvalue weighted by Crippen LogP contribution is 2.26. The Morgan fingerprint density at radius 2 is 1.68 bits per heavy atom. The van der Waals surface area contributed by atoms with Gasteiger partial charge in [0, 0.05) is 18.9 Å². The first-order chi connectivity index (χ1) is 8.57. The van der Waals surface area contributed by atoms with E-state index in [0.717, 1.165) is 24.6 Å². The summed E-state index contributed by atoms with van der Waals surface area (Å²) in [7, 11) is -7.90. The molecule has 0 bridgehead atoms. The van der Waals surface area contributed by atoms with Crippen LogP contribution in [0.5, 0.6) is 0 Å². The molecule has 8 heteroatoms. The van der Waals surface area contributed by atoms with Gasteiger partial charge < -0.3 is 4.79 Å². The summed E-state index contributed by atoms with van der Waals surface area (Å²) >= 11 is 0. The van der Waals surface area contributed by atoms with Crippen LogP contribution in [0.25, 0.3) is 0 Å². The van der Waals surface area contributed by atoms with Crippen molar-refractivity contribution in [2.75, 3.05) is 12.5 Å². The number of hydrogen-bond donors (Lipinski definition) is 0. The first kappa shape index (κ1) is 15.8. The third kappa shape index (κ3) is 3.84. The highest BCUT2D eigenvalue weighted by atomic mass is 32.2. The highest BCUT2D eigenvalue weighted by molar-refractivity contribution is 7.93. The number of carbonyl (C=O) groups excluding carboxylic acids is 1. The standard InChI is InChI=1S/C11H13FO5S2/c1-18(14,15)10-7-8(4-3-5-13)6-9(12)11(10)19(2,16)17/h5-7H,3-4H2,1-2H3. The van der Waals surface area contributed by atoms with E-state index < -0.39 is 35.3 Å². The zero-order valence-corrected chi connectivity index (χ0v) is 12.0. The number of sulfone groups is 2. The van der Waals surface area contributed by atoms with Gasteiger partial charge >= 0.3 is 0 Å². The average Bonchev–Trinajstić information content (AvgIpc) is 2.22. The molecular weight excluding hydrogens is 295 g/mol. The van der Waals surface area contributed by atoms with Gasteiger partial charge in [-0.25, -0.2) is 21.2 Å². The SMILES string of the molecule is CS(=O)(=O)c1cc(CCC=O)cc(F)c1S(C)(=O)=O. The number of aryl methyl sites for hydroxylation is 1. The molecule has 0 unspecified atom stereocenters. The predicted molar refractivity (Wildman–Crippen MR) is 67.0 cm³/mol. The van der Waals surface area contributed by atoms with Crippen LogP contribution in [-0.4, -0.2) is 35.6 Å². The van der Waals surface area contributed by atoms with Gasteiger partial charge in [-0.1, -0.05) is 0 Å². The number of benzene rings is 1. The Labute approximate surface area is 111 Å². The summed E-state index contributed by atoms with van der Waals surface area (Å²) in [5.74, 6) is -1.12. The van der Waals surface area contributed by atoms with Crippen molar-refractivity contribution in [3.05, 3.63) is 23.5 Å². The molecule has 0 heterocycles. The number of aldehydes is 1. The Hall–Kier alpha value is -1.28. The molecule has 106 valence electrons. The molecule has 1 aromatic rings. The van der Waals surface area contributed by atoms with Gasteiger partial charge in [0.1, 0.15) is 17.0 Å². The van der Waals surface area contributed by atoms with Gasteiger partial charge in [0.05, 0.1) is 4.90 Å². The lowest BCUT2D eigenvalue weighted by atomic mass is 10.1. The van der Waals surface area contributed by atoms with E-state index in [0.29, 0.717) is 6.29 Å². The quantitative estimate of drug-likeness (QED) is 0.750. The van der Waals surface area contributed by atoms with Crippen LogP contribution in [0.3, 0.4) is 0 Å². The summed E-state index contributed by atoms with van der Waals surface area (Å²) in [4.78, 5) is 8.86. The molecular formula is C11H13FO5S2. The molecule has 0 spiro atoms. The lowest BCUT2D eigenvalue weighted by Gasteiger charge is -2.10. The molecule has 0 aliphatic carbocycles. The van der Waals surface area contributed by atoms with Gasteiger partial charge in [0.2, 0.25) is 0 Å². The van der Waals surface area contributed by atoms with Crippen molar-refractivity contribution in [2.24, 2.45) is 0 Å². The zero-order valence-electron chi connectivity index (χ0n) is 10.4. The lowest BCUT2D eigenvalue weighted by Crippen LogP contribution is -2.11. The van der Waals surface area contributed by atoms with Crippen molar-refractivity contribution in [2.45, 2.75) is 22.6 Å². The summed E-state index contributed by atoms with van der Waals surface area (Å²) in [6.45, 7) is 0. The summed E-state index contributed by atoms with van der Waals surface area (Å²) in [6, 6.07) is 2.03. The maximum atomic E-state index is 13.8. The molecule has 0 aliphatic heterocycles. The summed E-state index contributed by atoms with van der Waals surface area (Å²) < 4.78 is 60.0. The molecule has 5 nitrogen and oxygen atoms in total. The Morgan fingerprint density at radius 3 is 2.11 bits per heavy atom. The molecule has 0 aromatic heterocycles. The molecule has 0 saturated heterocycles. The second-order valence-electron chi connectivity index (χ2n) is 4.15. The summed E-state index contributed by atoms with van der Waals surface area (Å²) in [5.41, 5.74) is 0.262. The van der Waals surface area contributed by atoms with Crippen molar-refractivity contribution in [1.29, 1.82) is 0 Å². The van der Waals surface area contributed by atoms with Crippen LogP contribution < -0.4 is 0 Å². The Kier molecular flexibility index (Phi) is 4.46. The minimum Gasteiger partial charge on any atom is -0.303 e. The van der Waals surface area contributed by atoms with E-state index in [4.69, 9.17) is 0 Å². The molecule has 0 fully saturated rings. The lowest BCUT2D eigenvalue weighted by molar-refractivity contribution is -0.107. The number of hydrogen-bond acceptors (Lipinski definition) is 5. The Morgan fingerprint density at radius 1 is 1.11 bits per heavy atom. The van der Waals surface area contributed by atoms with E-state index in [2.05, 4.69) is 0 Å². The first-order valence-corrected chi connectivity index (χ1v) is 9.02. The van der Waals surface area contributed by atoms with E-state index in [9.17, 15) is 26.0 Å². The number of carbonyl (C=O) groups is 1. The van der Waals surface area contributed by atoms with E-state index in [1.165, 1.54) is 0 Å². The summed E-state index contributed by atoms with van der Waals surface area (Å²) in [5, 5.41) is 0. The monoisotopic (exact) mass is 308 g/mol. The van der Waals surface area contributed by atoms with Crippen LogP contribution in [0.4, 0.5) is 4.39 Å². The molecule has 0 aliphatic rings. The molecule has 0 radical (unpaired) electrons. The summed E-state index contributed by atoms with van der Waals surface area (Å²) in [6.07, 6.45) is 2.40. The van der Waals surface area contributed by atoms with Crippen LogP contribution in [0.15, 0.2) is 21.9 Å². The fourth-order valence-electron chi connectivity index (χ4n) is 1.63. The Bertz CT molecular complexity index is 705. The molecule has 0 amide bonds. The molecule has 1 rings (SSSR count). The topological polar surface area (TPSA) is 85.3 Å². The van der Waals surface area contributed by atoms with Gasteiger partial charge in [-0.3, -0.25) is 0 Å². The maximum absolute atomic E-state index is 13.8. The first-order valence-electron chi connectivity index (χ1n) is 5.23. The van der Waals surface area contributed by atoms with Gasteiger partial charge in [-0.15, -0.1) is 0 Å². The molecule has 19 heavy (non-hydrogen) atoms. The van der Waals surface area contributed by atoms with Gasteiger partial charge in [-0.2, -0.15) is 0 Å². The second-order valence-corrected chi connectivity index (χ2v) is 8.09. The van der Waals surface area contributed by atoms with Crippen molar-refractivity contribution in [3.63, 3.8) is 0 Å². The number of rotatable bonds is 5. The third-order valence-corrected chi connectivity index (χ3v) is 4.80. The van der Waals surface area contributed by atoms with Crippen LogP contribution in [0, 0.1) is 5.82 Å². The van der Waals surface area contributed by atoms with E-state index in [1.54, 1.807) is 0 Å². The third-order valence-electron chi connectivity index (χ3n) is 2.39. The van der Waals surface area contributed by atoms with Crippen LogP contribution >= 0.6 is 0 Å². The van der Waals surface area contributed by atoms with Crippen LogP contribution in [0.1, 0.15) is 12.0 Å². The fraction of sp³-hybridized carbons (Fsp3) is 0.364. The molecule has 0 N–H and O–H groups in total. The van der Waals surface area contributed by atoms with Gasteiger partial charge in [0.25, 0.3) is 0 Å². The van der Waals surface area contributed by atoms with E-state index in [-0.39, 0.29) is 18.4 Å². The van der Waals surface area contributed by atoms with Gasteiger partial charge in [0.15, 0.2) is 19.7 Å². The highest BCUT2D eigenvalue weighted by Gasteiger charge is 2.25. The minimum absolute atomic E-state index is 0.0981. The average molecular weight is 308 g/mol. The zero-order chi connectivity index (χ0) is 14.8. The normalized spacial score (nSPS) is 12.4. The van der Waals surface area contributed by atoms with Crippen molar-refractivity contribution >= 4 is 26.0 Å². The van der Waals surface area contributed by atoms with E-state index >= 15 is 0 Å². The van der Waals surface area contributed by atoms with Crippen molar-refractivity contribution < 1.29 is 26.0 Å². The second kappa shape index (κ2) is 5.38. The molecule has 0 saturated carbocycles. The minimum atomic E-state index is -4.01. The van der Waals surface area contributed by atoms with Crippen molar-refractivity contribution in [1.82, 2.24) is 0 Å². The smallest absolute Gasteiger partial charge is 0.179 e. The largest absolute Gasteiger partial charge is 0.303 e. The maximum Gasteiger partial charge on any atom is 0.179 e. The molecule has 0 atom stereocenters. The van der Waals surface area contributed by atoms with Crippen LogP contribution in [0.2, 0.25) is 0 Å². The number of halogens is 1. The van der Waals surface area contributed by atoms with E-state index in [1.807, 2.05) is 0 Å². The van der Waals surface area contributed by atoms with Crippen LogP contribution in [-0.2, 0) is 30.9 Å². The van der Waals surface area contributed by atoms with Crippen molar-refractivity contribution in [3.8, 4) is 0 Å². The fourth-order valence-corrected chi connectivity index (χ4v) is 4.17. The predicted octanol–water partition coefficient (Wildman–Crippen LogP) is 0.764.